The number of aliphatic hydroxyl groups is 1. The number of thioether (sulfide) groups is 2. The second-order valence-electron chi connectivity index (χ2n) is 5.44. The summed E-state index contributed by atoms with van der Waals surface area (Å²) in [6.45, 7) is 0. The number of carboxylic acid groups (broad SMARTS) is 1. The standard InChI is InChI=1S/C15H18O6S2/c1-19-10-3-4-11(20-2)12-9(10)7-14(18,21-13(16)17)8-15(12)22-5-6-23-15/h3-4,18H,5-8H2,1-2H3,(H,16,17)/t14-/m1/s1. The Morgan fingerprint density at radius 1 is 1.17 bits per heavy atom. The number of benzene rings is 1. The summed E-state index contributed by atoms with van der Waals surface area (Å²) in [4.78, 5) is 11.0. The second-order valence-corrected chi connectivity index (χ2v) is 8.49. The van der Waals surface area contributed by atoms with Crippen LogP contribution in [-0.2, 0) is 15.2 Å². The van der Waals surface area contributed by atoms with Crippen molar-refractivity contribution < 1.29 is 29.2 Å². The fourth-order valence-corrected chi connectivity index (χ4v) is 6.84. The zero-order chi connectivity index (χ0) is 16.7. The van der Waals surface area contributed by atoms with Crippen LogP contribution in [0.15, 0.2) is 12.1 Å². The van der Waals surface area contributed by atoms with Gasteiger partial charge in [-0.2, -0.15) is 0 Å². The van der Waals surface area contributed by atoms with Gasteiger partial charge in [0.25, 0.3) is 0 Å². The number of hydrogen-bond acceptors (Lipinski definition) is 7. The minimum Gasteiger partial charge on any atom is -0.496 e. The molecule has 1 aromatic rings. The fourth-order valence-electron chi connectivity index (χ4n) is 3.29. The lowest BCUT2D eigenvalue weighted by Crippen LogP contribution is -2.46. The molecule has 1 aliphatic carbocycles. The van der Waals surface area contributed by atoms with Gasteiger partial charge in [0.05, 0.1) is 18.3 Å². The van der Waals surface area contributed by atoms with Crippen LogP contribution in [0.2, 0.25) is 0 Å². The Bertz CT molecular complexity index is 629. The van der Waals surface area contributed by atoms with Crippen LogP contribution >= 0.6 is 23.5 Å². The lowest BCUT2D eigenvalue weighted by atomic mass is 9.85. The summed E-state index contributed by atoms with van der Waals surface area (Å²) in [5.41, 5.74) is 1.70. The van der Waals surface area contributed by atoms with Crippen molar-refractivity contribution in [2.45, 2.75) is 22.7 Å². The maximum atomic E-state index is 11.0. The van der Waals surface area contributed by atoms with E-state index in [1.165, 1.54) is 0 Å². The summed E-state index contributed by atoms with van der Waals surface area (Å²) in [6, 6.07) is 3.61. The van der Waals surface area contributed by atoms with E-state index >= 15 is 0 Å². The first kappa shape index (κ1) is 16.6. The van der Waals surface area contributed by atoms with E-state index in [2.05, 4.69) is 0 Å². The third-order valence-corrected chi connectivity index (χ3v) is 7.46. The molecule has 0 aromatic heterocycles. The molecule has 2 aliphatic rings. The molecule has 1 aromatic carbocycles. The first-order chi connectivity index (χ1) is 10.9. The van der Waals surface area contributed by atoms with Gasteiger partial charge in [0.15, 0.2) is 0 Å². The van der Waals surface area contributed by atoms with Gasteiger partial charge < -0.3 is 24.4 Å². The molecule has 1 atom stereocenters. The van der Waals surface area contributed by atoms with Crippen LogP contribution in [-0.4, -0.2) is 47.9 Å². The van der Waals surface area contributed by atoms with Crippen LogP contribution in [0.3, 0.4) is 0 Å². The Morgan fingerprint density at radius 2 is 1.78 bits per heavy atom. The van der Waals surface area contributed by atoms with Gasteiger partial charge in [-0.15, -0.1) is 23.5 Å². The van der Waals surface area contributed by atoms with Crippen molar-refractivity contribution in [3.05, 3.63) is 23.3 Å². The maximum Gasteiger partial charge on any atom is 0.508 e. The van der Waals surface area contributed by atoms with Gasteiger partial charge in [-0.05, 0) is 12.1 Å². The van der Waals surface area contributed by atoms with Gasteiger partial charge in [0.2, 0.25) is 5.79 Å². The van der Waals surface area contributed by atoms with Crippen LogP contribution in [0.25, 0.3) is 0 Å². The quantitative estimate of drug-likeness (QED) is 0.630. The van der Waals surface area contributed by atoms with Crippen molar-refractivity contribution in [2.24, 2.45) is 0 Å². The normalized spacial score (nSPS) is 25.0. The summed E-state index contributed by atoms with van der Waals surface area (Å²) in [5.74, 6) is 1.37. The Balaban J connectivity index is 2.18. The van der Waals surface area contributed by atoms with Crippen molar-refractivity contribution in [3.8, 4) is 11.5 Å². The third kappa shape index (κ3) is 2.83. The molecule has 126 valence electrons. The average Bonchev–Trinajstić information content (AvgIpc) is 2.93. The molecule has 0 saturated carbocycles. The summed E-state index contributed by atoms with van der Waals surface area (Å²) >= 11 is 3.36. The highest BCUT2D eigenvalue weighted by atomic mass is 32.2. The lowest BCUT2D eigenvalue weighted by Gasteiger charge is -2.43. The van der Waals surface area contributed by atoms with Crippen molar-refractivity contribution in [1.82, 2.24) is 0 Å². The number of fused-ring (bicyclic) bond motifs is 2. The predicted molar refractivity (Wildman–Crippen MR) is 88.5 cm³/mol. The van der Waals surface area contributed by atoms with E-state index in [0.717, 1.165) is 28.4 Å². The van der Waals surface area contributed by atoms with Gasteiger partial charge in [-0.3, -0.25) is 0 Å². The molecule has 0 unspecified atom stereocenters. The van der Waals surface area contributed by atoms with Crippen molar-refractivity contribution in [1.29, 1.82) is 0 Å². The molecular weight excluding hydrogens is 340 g/mol. The number of hydrogen-bond donors (Lipinski definition) is 2. The monoisotopic (exact) mass is 358 g/mol. The Morgan fingerprint density at radius 3 is 2.35 bits per heavy atom. The number of ether oxygens (including phenoxy) is 3. The molecule has 1 fully saturated rings. The second kappa shape index (κ2) is 5.99. The molecular formula is C15H18O6S2. The molecule has 1 spiro atoms. The van der Waals surface area contributed by atoms with E-state index in [0.29, 0.717) is 5.75 Å². The van der Waals surface area contributed by atoms with E-state index in [1.807, 2.05) is 6.07 Å². The molecule has 2 N–H and O–H groups in total. The van der Waals surface area contributed by atoms with Gasteiger partial charge in [0.1, 0.15) is 11.5 Å². The molecule has 1 heterocycles. The number of carbonyl (C=O) groups is 1. The minimum atomic E-state index is -1.77. The third-order valence-electron chi connectivity index (χ3n) is 4.05. The Kier molecular flexibility index (Phi) is 4.33. The van der Waals surface area contributed by atoms with Crippen LogP contribution in [0, 0.1) is 0 Å². The van der Waals surface area contributed by atoms with E-state index in [9.17, 15) is 9.90 Å². The zero-order valence-corrected chi connectivity index (χ0v) is 14.5. The predicted octanol–water partition coefficient (Wildman–Crippen LogP) is 2.67. The van der Waals surface area contributed by atoms with Gasteiger partial charge >= 0.3 is 6.16 Å². The van der Waals surface area contributed by atoms with Crippen LogP contribution < -0.4 is 9.47 Å². The molecule has 8 heteroatoms. The van der Waals surface area contributed by atoms with E-state index in [-0.39, 0.29) is 12.8 Å². The van der Waals surface area contributed by atoms with E-state index in [4.69, 9.17) is 19.3 Å². The fraction of sp³-hybridized carbons (Fsp3) is 0.533. The van der Waals surface area contributed by atoms with Crippen LogP contribution in [0.1, 0.15) is 17.5 Å². The Labute approximate surface area is 142 Å². The van der Waals surface area contributed by atoms with Crippen molar-refractivity contribution in [3.63, 3.8) is 0 Å². The molecule has 0 radical (unpaired) electrons. The van der Waals surface area contributed by atoms with Crippen molar-refractivity contribution in [2.75, 3.05) is 25.7 Å². The highest BCUT2D eigenvalue weighted by Crippen LogP contribution is 2.63. The van der Waals surface area contributed by atoms with E-state index < -0.39 is 16.0 Å². The zero-order valence-electron chi connectivity index (χ0n) is 12.8. The summed E-state index contributed by atoms with van der Waals surface area (Å²) in [7, 11) is 3.16. The van der Waals surface area contributed by atoms with E-state index in [1.54, 1.807) is 43.8 Å². The maximum absolute atomic E-state index is 11.0. The van der Waals surface area contributed by atoms with Gasteiger partial charge in [0, 0.05) is 35.5 Å². The highest BCUT2D eigenvalue weighted by molar-refractivity contribution is 8.20. The first-order valence-corrected chi connectivity index (χ1v) is 9.07. The first-order valence-electron chi connectivity index (χ1n) is 7.09. The van der Waals surface area contributed by atoms with Crippen LogP contribution in [0.4, 0.5) is 4.79 Å². The molecule has 3 rings (SSSR count). The van der Waals surface area contributed by atoms with Crippen LogP contribution in [0.5, 0.6) is 11.5 Å². The molecule has 0 amide bonds. The molecule has 6 nitrogen and oxygen atoms in total. The molecule has 1 saturated heterocycles. The molecule has 0 bridgehead atoms. The summed E-state index contributed by atoms with van der Waals surface area (Å²) < 4.78 is 15.3. The summed E-state index contributed by atoms with van der Waals surface area (Å²) in [6.07, 6.45) is -1.27. The lowest BCUT2D eigenvalue weighted by molar-refractivity contribution is -0.181. The minimum absolute atomic E-state index is 0.0396. The summed E-state index contributed by atoms with van der Waals surface area (Å²) in [5, 5.41) is 19.8. The average molecular weight is 358 g/mol. The number of rotatable bonds is 3. The smallest absolute Gasteiger partial charge is 0.496 e. The Hall–Kier alpha value is -1.25. The van der Waals surface area contributed by atoms with Gasteiger partial charge in [-0.25, -0.2) is 4.79 Å². The molecule has 1 aliphatic heterocycles. The van der Waals surface area contributed by atoms with Crippen molar-refractivity contribution >= 4 is 29.7 Å². The van der Waals surface area contributed by atoms with Gasteiger partial charge in [-0.1, -0.05) is 0 Å². The topological polar surface area (TPSA) is 85.2 Å². The SMILES string of the molecule is COc1ccc(OC)c2c1C[C@@](O)(OC(=O)O)CC21SCCS1. The molecule has 23 heavy (non-hydrogen) atoms. The number of methoxy groups -OCH3 is 2. The largest absolute Gasteiger partial charge is 0.508 e. The highest BCUT2D eigenvalue weighted by Gasteiger charge is 2.54.